The maximum atomic E-state index is 8.50. The molecule has 3 nitrogen and oxygen atoms in total. The van der Waals surface area contributed by atoms with Crippen LogP contribution in [0, 0.1) is 19.0 Å². The van der Waals surface area contributed by atoms with Gasteiger partial charge in [0, 0.05) is 44.7 Å². The summed E-state index contributed by atoms with van der Waals surface area (Å²) in [6, 6.07) is 38.3. The molecule has 251 valence electrons. The average molecular weight is 842 g/mol. The molecule has 0 saturated carbocycles. The quantitative estimate of drug-likeness (QED) is 0.124. The second kappa shape index (κ2) is 15.2. The standard InChI is InChI=1S/C27H22NO.C17H22NSi.Ir/c1-17(2)24-15-25(28-16-18(24)3)23-11-7-10-22-21-13-12-20(14-26(21)29-27(22)23)19-8-5-4-6-9-19;1-13(2)14-6-8-15(9-7-14)17-11-10-16(12-18-17)19(3,4)5;/h4-10,12-17H,1-3H3;6-8,10-13H,1-5H3;/q2*-1;/i3D3,17D;13D;. The van der Waals surface area contributed by atoms with E-state index in [2.05, 4.69) is 78.1 Å². The molecule has 7 aromatic rings. The fraction of sp³-hybridized carbons (Fsp3) is 0.227. The molecule has 0 amide bonds. The number of benzene rings is 4. The number of rotatable bonds is 6. The smallest absolute Gasteiger partial charge is 0.121 e. The first-order valence-corrected chi connectivity index (χ1v) is 19.7. The van der Waals surface area contributed by atoms with E-state index in [-0.39, 0.29) is 25.7 Å². The van der Waals surface area contributed by atoms with Crippen molar-refractivity contribution >= 4 is 35.2 Å². The summed E-state index contributed by atoms with van der Waals surface area (Å²) in [7, 11) is -1.29. The van der Waals surface area contributed by atoms with Crippen molar-refractivity contribution in [2.24, 2.45) is 0 Å². The van der Waals surface area contributed by atoms with Crippen LogP contribution in [-0.2, 0) is 20.1 Å². The third-order valence-corrected chi connectivity index (χ3v) is 10.6. The van der Waals surface area contributed by atoms with Gasteiger partial charge in [0.05, 0.1) is 13.7 Å². The molecular weight excluding hydrogens is 793 g/mol. The second-order valence-corrected chi connectivity index (χ2v) is 18.6. The molecule has 0 aliphatic rings. The largest absolute Gasteiger partial charge is 0.501 e. The van der Waals surface area contributed by atoms with Crippen LogP contribution in [0.5, 0.6) is 0 Å². The number of nitrogens with zero attached hydrogens (tertiary/aromatic N) is 2. The number of fused-ring (bicyclic) bond motifs is 3. The van der Waals surface area contributed by atoms with Crippen LogP contribution in [0.25, 0.3) is 55.6 Å². The molecule has 0 N–H and O–H groups in total. The Bertz CT molecular complexity index is 2320. The average Bonchev–Trinajstić information content (AvgIpc) is 3.49. The number of hydrogen-bond donors (Lipinski definition) is 0. The summed E-state index contributed by atoms with van der Waals surface area (Å²) >= 11 is 0. The summed E-state index contributed by atoms with van der Waals surface area (Å²) in [4.78, 5) is 9.00. The predicted molar refractivity (Wildman–Crippen MR) is 206 cm³/mol. The molecule has 3 aromatic heterocycles. The molecule has 49 heavy (non-hydrogen) atoms. The number of hydrogen-bond acceptors (Lipinski definition) is 3. The van der Waals surface area contributed by atoms with Crippen molar-refractivity contribution in [3.05, 3.63) is 138 Å². The minimum absolute atomic E-state index is 0. The van der Waals surface area contributed by atoms with Gasteiger partial charge in [0.25, 0.3) is 0 Å². The predicted octanol–water partition coefficient (Wildman–Crippen LogP) is 11.8. The zero-order valence-electron chi connectivity index (χ0n) is 34.0. The fourth-order valence-corrected chi connectivity index (χ4v) is 6.67. The van der Waals surface area contributed by atoms with E-state index in [1.165, 1.54) is 11.4 Å². The third kappa shape index (κ3) is 8.02. The Labute approximate surface area is 313 Å². The molecule has 7 rings (SSSR count). The van der Waals surface area contributed by atoms with Gasteiger partial charge in [-0.2, -0.15) is 0 Å². The Kier molecular flexibility index (Phi) is 9.21. The number of furan rings is 1. The minimum Gasteiger partial charge on any atom is -0.501 e. The van der Waals surface area contributed by atoms with Crippen LogP contribution in [0.4, 0.5) is 0 Å². The first-order valence-electron chi connectivity index (χ1n) is 18.7. The van der Waals surface area contributed by atoms with Crippen LogP contribution in [0.1, 0.15) is 63.0 Å². The summed E-state index contributed by atoms with van der Waals surface area (Å²) in [5, 5.41) is 3.29. The maximum Gasteiger partial charge on any atom is 0.121 e. The van der Waals surface area contributed by atoms with E-state index < -0.39 is 26.7 Å². The van der Waals surface area contributed by atoms with Crippen molar-refractivity contribution in [3.8, 4) is 33.6 Å². The molecule has 0 unspecified atom stereocenters. The summed E-state index contributed by atoms with van der Waals surface area (Å²) in [5.74, 6) is -1.68. The van der Waals surface area contributed by atoms with Gasteiger partial charge in [-0.1, -0.05) is 125 Å². The van der Waals surface area contributed by atoms with Gasteiger partial charge in [-0.25, -0.2) is 0 Å². The van der Waals surface area contributed by atoms with Gasteiger partial charge in [-0.3, -0.25) is 0 Å². The van der Waals surface area contributed by atoms with E-state index >= 15 is 0 Å². The molecule has 4 aromatic carbocycles. The van der Waals surface area contributed by atoms with Gasteiger partial charge < -0.3 is 14.4 Å². The Balaban J connectivity index is 0.000000230. The zero-order chi connectivity index (χ0) is 38.3. The van der Waals surface area contributed by atoms with Crippen molar-refractivity contribution < 1.29 is 31.4 Å². The van der Waals surface area contributed by atoms with Gasteiger partial charge in [-0.15, -0.1) is 53.6 Å². The first-order chi connectivity index (χ1) is 24.8. The van der Waals surface area contributed by atoms with Crippen LogP contribution in [0.15, 0.2) is 114 Å². The summed E-state index contributed by atoms with van der Waals surface area (Å²) in [5.41, 5.74) is 8.16. The monoisotopic (exact) mass is 842 g/mol. The van der Waals surface area contributed by atoms with Crippen molar-refractivity contribution in [1.29, 1.82) is 0 Å². The van der Waals surface area contributed by atoms with E-state index in [1.807, 2.05) is 74.6 Å². The Hall–Kier alpha value is -4.15. The van der Waals surface area contributed by atoms with Crippen LogP contribution in [0.3, 0.4) is 0 Å². The second-order valence-electron chi connectivity index (χ2n) is 13.6. The van der Waals surface area contributed by atoms with E-state index in [1.54, 1.807) is 19.9 Å². The Morgan fingerprint density at radius 2 is 1.53 bits per heavy atom. The summed E-state index contributed by atoms with van der Waals surface area (Å²) in [6.45, 7) is 11.7. The van der Waals surface area contributed by atoms with E-state index in [0.717, 1.165) is 44.3 Å². The molecule has 5 heteroatoms. The van der Waals surface area contributed by atoms with Crippen LogP contribution >= 0.6 is 0 Å². The van der Waals surface area contributed by atoms with Gasteiger partial charge in [0.2, 0.25) is 0 Å². The van der Waals surface area contributed by atoms with Crippen LogP contribution in [-0.4, -0.2) is 18.0 Å². The number of aromatic nitrogens is 2. The van der Waals surface area contributed by atoms with E-state index in [9.17, 15) is 0 Å². The van der Waals surface area contributed by atoms with E-state index in [4.69, 9.17) is 11.3 Å². The molecule has 0 atom stereocenters. The van der Waals surface area contributed by atoms with Crippen molar-refractivity contribution in [2.45, 2.75) is 66.0 Å². The molecule has 3 heterocycles. The number of aryl methyl sites for hydroxylation is 1. The van der Waals surface area contributed by atoms with E-state index in [0.29, 0.717) is 22.4 Å². The molecule has 0 spiro atoms. The fourth-order valence-electron chi connectivity index (χ4n) is 5.64. The first kappa shape index (κ1) is 29.7. The Morgan fingerprint density at radius 3 is 2.16 bits per heavy atom. The molecule has 0 aliphatic carbocycles. The minimum atomic E-state index is -2.35. The van der Waals surface area contributed by atoms with Crippen molar-refractivity contribution in [1.82, 2.24) is 9.97 Å². The molecule has 0 aliphatic heterocycles. The summed E-state index contributed by atoms with van der Waals surface area (Å²) in [6.07, 6.45) is 3.36. The SMILES string of the molecule is [2H]C(C)(C)c1c[c-]c(-c2ccc([Si](C)(C)C)cn2)cc1.[2H]C([2H])([2H])c1cnc(-c2[c-]ccc3c2oc2cc(-c4ccccc4)ccc23)cc1C([2H])(C)C.[Ir]. The Morgan fingerprint density at radius 1 is 0.755 bits per heavy atom. The molecule has 1 radical (unpaired) electrons. The van der Waals surface area contributed by atoms with Crippen LogP contribution < -0.4 is 5.19 Å². The maximum absolute atomic E-state index is 8.50. The topological polar surface area (TPSA) is 38.9 Å². The van der Waals surface area contributed by atoms with Crippen molar-refractivity contribution in [3.63, 3.8) is 0 Å². The van der Waals surface area contributed by atoms with Gasteiger partial charge >= 0.3 is 0 Å². The molecule has 0 saturated heterocycles. The zero-order valence-corrected chi connectivity index (χ0v) is 32.4. The third-order valence-electron chi connectivity index (χ3n) is 8.53. The van der Waals surface area contributed by atoms with Crippen LogP contribution in [0.2, 0.25) is 19.6 Å². The summed E-state index contributed by atoms with van der Waals surface area (Å²) < 4.78 is 46.3. The molecule has 0 fully saturated rings. The molecular formula is C44H44IrN2OSi-2. The van der Waals surface area contributed by atoms with Gasteiger partial charge in [0.1, 0.15) is 5.58 Å². The number of pyridine rings is 2. The van der Waals surface area contributed by atoms with Gasteiger partial charge in [0.15, 0.2) is 0 Å². The van der Waals surface area contributed by atoms with Gasteiger partial charge in [-0.05, 0) is 57.6 Å². The normalized spacial score (nSPS) is 13.7. The molecule has 0 bridgehead atoms. The van der Waals surface area contributed by atoms with Crippen molar-refractivity contribution in [2.75, 3.05) is 0 Å².